The third-order valence-electron chi connectivity index (χ3n) is 6.31. The van der Waals surface area contributed by atoms with Gasteiger partial charge in [-0.15, -0.1) is 0 Å². The van der Waals surface area contributed by atoms with Gasteiger partial charge in [0.2, 0.25) is 0 Å². The summed E-state index contributed by atoms with van der Waals surface area (Å²) in [5, 5.41) is 1.19. The van der Waals surface area contributed by atoms with Gasteiger partial charge in [0.1, 0.15) is 23.7 Å². The number of likely N-dealkylation sites (N-methyl/N-ethyl adjacent to an activating group) is 1. The summed E-state index contributed by atoms with van der Waals surface area (Å²) in [6, 6.07) is 19.4. The van der Waals surface area contributed by atoms with Gasteiger partial charge in [-0.1, -0.05) is 60.8 Å². The van der Waals surface area contributed by atoms with Crippen molar-refractivity contribution in [2.24, 2.45) is 0 Å². The molecule has 0 N–H and O–H groups in total. The normalized spacial score (nSPS) is 11.4. The van der Waals surface area contributed by atoms with Crippen molar-refractivity contribution in [2.75, 3.05) is 26.2 Å². The summed E-state index contributed by atoms with van der Waals surface area (Å²) in [6.45, 7) is 11.9. The summed E-state index contributed by atoms with van der Waals surface area (Å²) < 4.78 is 12.1. The summed E-state index contributed by atoms with van der Waals surface area (Å²) in [5.74, 6) is 1.38. The summed E-state index contributed by atoms with van der Waals surface area (Å²) >= 11 is 6.55. The van der Waals surface area contributed by atoms with Crippen molar-refractivity contribution in [1.82, 2.24) is 4.90 Å². The molecule has 182 valence electrons. The highest BCUT2D eigenvalue weighted by Crippen LogP contribution is 2.35. The molecule has 0 fully saturated rings. The fourth-order valence-corrected chi connectivity index (χ4v) is 4.75. The number of fused-ring (bicyclic) bond motifs is 1. The highest BCUT2D eigenvalue weighted by atomic mass is 35.5. The van der Waals surface area contributed by atoms with E-state index in [9.17, 15) is 4.79 Å². The molecule has 0 saturated heterocycles. The molecule has 0 aliphatic rings. The van der Waals surface area contributed by atoms with Gasteiger partial charge < -0.3 is 14.1 Å². The first kappa shape index (κ1) is 25.0. The molecule has 0 spiro atoms. The van der Waals surface area contributed by atoms with E-state index in [4.69, 9.17) is 20.8 Å². The van der Waals surface area contributed by atoms with Gasteiger partial charge in [-0.3, -0.25) is 4.79 Å². The molecule has 1 aromatic heterocycles. The molecule has 1 heterocycles. The Morgan fingerprint density at radius 2 is 1.66 bits per heavy atom. The van der Waals surface area contributed by atoms with E-state index >= 15 is 0 Å². The molecule has 35 heavy (non-hydrogen) atoms. The minimum Gasteiger partial charge on any atom is -0.492 e. The lowest BCUT2D eigenvalue weighted by atomic mass is 9.95. The Morgan fingerprint density at radius 3 is 2.31 bits per heavy atom. The summed E-state index contributed by atoms with van der Waals surface area (Å²) in [4.78, 5) is 16.1. The predicted octanol–water partition coefficient (Wildman–Crippen LogP) is 7.25. The van der Waals surface area contributed by atoms with Gasteiger partial charge in [0.15, 0.2) is 5.78 Å². The van der Waals surface area contributed by atoms with Crippen molar-refractivity contribution < 1.29 is 13.9 Å². The number of carbonyl (C=O) groups excluding carboxylic acids is 1. The average molecular weight is 490 g/mol. The van der Waals surface area contributed by atoms with Crippen LogP contribution in [0, 0.1) is 13.8 Å². The van der Waals surface area contributed by atoms with Crippen LogP contribution in [0.5, 0.6) is 5.75 Å². The SMILES string of the molecule is CCN(CC)CCOc1ccc(Cc2oc3cccc(Cl)c3c2C(=O)c2cc(C)cc(C)c2)cc1. The second-order valence-electron chi connectivity index (χ2n) is 8.91. The van der Waals surface area contributed by atoms with Gasteiger partial charge in [-0.25, -0.2) is 0 Å². The van der Waals surface area contributed by atoms with Crippen LogP contribution in [0.3, 0.4) is 0 Å². The van der Waals surface area contributed by atoms with Crippen molar-refractivity contribution in [1.29, 1.82) is 0 Å². The summed E-state index contributed by atoms with van der Waals surface area (Å²) in [7, 11) is 0. The van der Waals surface area contributed by atoms with Crippen LogP contribution < -0.4 is 4.74 Å². The van der Waals surface area contributed by atoms with E-state index in [1.54, 1.807) is 6.07 Å². The van der Waals surface area contributed by atoms with E-state index in [-0.39, 0.29) is 5.78 Å². The number of aryl methyl sites for hydroxylation is 2. The Morgan fingerprint density at radius 1 is 0.971 bits per heavy atom. The molecular formula is C30H32ClNO3. The van der Waals surface area contributed by atoms with E-state index in [0.717, 1.165) is 42.1 Å². The second-order valence-corrected chi connectivity index (χ2v) is 9.32. The topological polar surface area (TPSA) is 42.7 Å². The average Bonchev–Trinajstić information content (AvgIpc) is 3.21. The Kier molecular flexibility index (Phi) is 7.94. The number of ether oxygens (including phenoxy) is 1. The number of hydrogen-bond acceptors (Lipinski definition) is 4. The number of halogens is 1. The molecule has 0 saturated carbocycles. The van der Waals surface area contributed by atoms with Crippen LogP contribution in [-0.4, -0.2) is 36.9 Å². The molecule has 0 bridgehead atoms. The number of rotatable bonds is 10. The number of benzene rings is 3. The van der Waals surface area contributed by atoms with Gasteiger partial charge >= 0.3 is 0 Å². The zero-order chi connectivity index (χ0) is 24.9. The molecule has 0 aliphatic heterocycles. The van der Waals surface area contributed by atoms with Crippen molar-refractivity contribution in [3.05, 3.63) is 99.3 Å². The second kappa shape index (κ2) is 11.1. The fourth-order valence-electron chi connectivity index (χ4n) is 4.49. The van der Waals surface area contributed by atoms with Crippen molar-refractivity contribution in [3.63, 3.8) is 0 Å². The lowest BCUT2D eigenvalue weighted by Crippen LogP contribution is -2.27. The number of furan rings is 1. The smallest absolute Gasteiger partial charge is 0.197 e. The molecular weight excluding hydrogens is 458 g/mol. The van der Waals surface area contributed by atoms with Gasteiger partial charge in [0, 0.05) is 18.5 Å². The van der Waals surface area contributed by atoms with Crippen LogP contribution in [0.25, 0.3) is 11.0 Å². The zero-order valence-electron chi connectivity index (χ0n) is 20.9. The first-order valence-corrected chi connectivity index (χ1v) is 12.5. The molecule has 4 aromatic rings. The molecule has 0 atom stereocenters. The molecule has 4 nitrogen and oxygen atoms in total. The van der Waals surface area contributed by atoms with Gasteiger partial charge in [-0.2, -0.15) is 0 Å². The molecule has 5 heteroatoms. The van der Waals surface area contributed by atoms with Gasteiger partial charge in [0.05, 0.1) is 16.0 Å². The highest BCUT2D eigenvalue weighted by Gasteiger charge is 2.24. The maximum absolute atomic E-state index is 13.7. The highest BCUT2D eigenvalue weighted by molar-refractivity contribution is 6.37. The zero-order valence-corrected chi connectivity index (χ0v) is 21.6. The summed E-state index contributed by atoms with van der Waals surface area (Å²) in [6.07, 6.45) is 0.483. The quantitative estimate of drug-likeness (QED) is 0.220. The Bertz CT molecular complexity index is 1300. The third-order valence-corrected chi connectivity index (χ3v) is 6.62. The maximum Gasteiger partial charge on any atom is 0.197 e. The number of ketones is 1. The van der Waals surface area contributed by atoms with Crippen molar-refractivity contribution in [2.45, 2.75) is 34.1 Å². The van der Waals surface area contributed by atoms with E-state index in [1.807, 2.05) is 62.4 Å². The predicted molar refractivity (Wildman–Crippen MR) is 143 cm³/mol. The Hall–Kier alpha value is -3.08. The molecule has 0 aliphatic carbocycles. The van der Waals surface area contributed by atoms with Crippen LogP contribution in [0.15, 0.2) is 65.1 Å². The number of hydrogen-bond donors (Lipinski definition) is 0. The van der Waals surface area contributed by atoms with E-state index in [1.165, 1.54) is 0 Å². The molecule has 0 unspecified atom stereocenters. The number of nitrogens with zero attached hydrogens (tertiary/aromatic N) is 1. The van der Waals surface area contributed by atoms with Crippen molar-refractivity contribution >= 4 is 28.4 Å². The first-order chi connectivity index (χ1) is 16.9. The van der Waals surface area contributed by atoms with E-state index < -0.39 is 0 Å². The number of carbonyl (C=O) groups is 1. The molecule has 3 aromatic carbocycles. The Balaban J connectivity index is 1.61. The van der Waals surface area contributed by atoms with E-state index in [2.05, 4.69) is 24.8 Å². The maximum atomic E-state index is 13.7. The van der Waals surface area contributed by atoms with E-state index in [0.29, 0.717) is 45.9 Å². The largest absolute Gasteiger partial charge is 0.492 e. The molecule has 0 amide bonds. The standard InChI is InChI=1S/C30H32ClNO3/c1-5-32(6-2)14-15-34-24-12-10-22(11-13-24)19-27-29(28-25(31)8-7-9-26(28)35-27)30(33)23-17-20(3)16-21(4)18-23/h7-13,16-18H,5-6,14-15,19H2,1-4H3. The van der Waals surface area contributed by atoms with Crippen LogP contribution in [-0.2, 0) is 6.42 Å². The summed E-state index contributed by atoms with van der Waals surface area (Å²) in [5.41, 5.74) is 4.93. The molecule has 4 rings (SSSR count). The van der Waals surface area contributed by atoms with Gasteiger partial charge in [-0.05, 0) is 68.9 Å². The minimum absolute atomic E-state index is 0.0741. The third kappa shape index (κ3) is 5.77. The lowest BCUT2D eigenvalue weighted by Gasteiger charge is -2.18. The first-order valence-electron chi connectivity index (χ1n) is 12.2. The van der Waals surface area contributed by atoms with Crippen LogP contribution >= 0.6 is 11.6 Å². The van der Waals surface area contributed by atoms with Crippen molar-refractivity contribution in [3.8, 4) is 5.75 Å². The van der Waals surface area contributed by atoms with Crippen LogP contribution in [0.4, 0.5) is 0 Å². The molecule has 0 radical (unpaired) electrons. The van der Waals surface area contributed by atoms with Gasteiger partial charge in [0.25, 0.3) is 0 Å². The van der Waals surface area contributed by atoms with Crippen LogP contribution in [0.1, 0.15) is 52.2 Å². The lowest BCUT2D eigenvalue weighted by molar-refractivity contribution is 0.103. The minimum atomic E-state index is -0.0741. The fraction of sp³-hybridized carbons (Fsp3) is 0.300. The Labute approximate surface area is 212 Å². The monoisotopic (exact) mass is 489 g/mol. The van der Waals surface area contributed by atoms with Crippen LogP contribution in [0.2, 0.25) is 5.02 Å².